The van der Waals surface area contributed by atoms with Gasteiger partial charge in [0.1, 0.15) is 18.1 Å². The number of carbonyl (C=O) groups excluding carboxylic acids is 1. The number of benzene rings is 2. The highest BCUT2D eigenvalue weighted by molar-refractivity contribution is 7.99. The summed E-state index contributed by atoms with van der Waals surface area (Å²) in [7, 11) is 1.61. The van der Waals surface area contributed by atoms with Crippen molar-refractivity contribution in [2.75, 3.05) is 12.9 Å². The first-order valence-corrected chi connectivity index (χ1v) is 8.83. The summed E-state index contributed by atoms with van der Waals surface area (Å²) < 4.78 is 12.8. The van der Waals surface area contributed by atoms with Crippen LogP contribution in [0.2, 0.25) is 0 Å². The van der Waals surface area contributed by atoms with Crippen LogP contribution >= 0.6 is 11.8 Å². The molecule has 1 heterocycles. The Bertz CT molecular complexity index is 866. The molecule has 0 saturated carbocycles. The van der Waals surface area contributed by atoms with Gasteiger partial charge in [0, 0.05) is 5.69 Å². The summed E-state index contributed by atoms with van der Waals surface area (Å²) in [5.41, 5.74) is 6.13. The molecule has 0 aliphatic carbocycles. The number of methoxy groups -OCH3 is 1. The molecular weight excluding hydrogens is 352 g/mol. The first-order chi connectivity index (χ1) is 12.7. The summed E-state index contributed by atoms with van der Waals surface area (Å²) in [5.74, 6) is 1.80. The maximum Gasteiger partial charge on any atom is 0.227 e. The van der Waals surface area contributed by atoms with Gasteiger partial charge in [-0.25, -0.2) is 0 Å². The van der Waals surface area contributed by atoms with E-state index < -0.39 is 5.91 Å². The van der Waals surface area contributed by atoms with E-state index in [1.54, 1.807) is 7.11 Å². The van der Waals surface area contributed by atoms with Gasteiger partial charge in [-0.2, -0.15) is 0 Å². The quantitative estimate of drug-likeness (QED) is 0.612. The van der Waals surface area contributed by atoms with Crippen molar-refractivity contribution in [1.82, 2.24) is 14.8 Å². The standard InChI is InChI=1S/C18H18N4O3S/c1-24-14-7-9-15(10-8-14)25-11-17-20-21-18(26-12-16(19)23)22(17)13-5-3-2-4-6-13/h2-10H,11-12H2,1H3,(H2,19,23). The van der Waals surface area contributed by atoms with E-state index in [-0.39, 0.29) is 12.4 Å². The van der Waals surface area contributed by atoms with E-state index in [2.05, 4.69) is 10.2 Å². The third kappa shape index (κ3) is 4.34. The van der Waals surface area contributed by atoms with Crippen molar-refractivity contribution in [3.8, 4) is 17.2 Å². The third-order valence-electron chi connectivity index (χ3n) is 3.49. The maximum absolute atomic E-state index is 11.1. The van der Waals surface area contributed by atoms with Gasteiger partial charge in [-0.05, 0) is 36.4 Å². The van der Waals surface area contributed by atoms with Gasteiger partial charge < -0.3 is 15.2 Å². The van der Waals surface area contributed by atoms with E-state index in [4.69, 9.17) is 15.2 Å². The fraction of sp³-hybridized carbons (Fsp3) is 0.167. The zero-order valence-corrected chi connectivity index (χ0v) is 15.0. The summed E-state index contributed by atoms with van der Waals surface area (Å²) in [4.78, 5) is 11.1. The van der Waals surface area contributed by atoms with Crippen LogP contribution in [0.25, 0.3) is 5.69 Å². The van der Waals surface area contributed by atoms with E-state index >= 15 is 0 Å². The van der Waals surface area contributed by atoms with Gasteiger partial charge in [0.2, 0.25) is 5.91 Å². The summed E-state index contributed by atoms with van der Waals surface area (Å²) in [6.07, 6.45) is 0. The summed E-state index contributed by atoms with van der Waals surface area (Å²) in [6.45, 7) is 0.228. The van der Waals surface area contributed by atoms with E-state index in [1.807, 2.05) is 59.2 Å². The third-order valence-corrected chi connectivity index (χ3v) is 4.44. The van der Waals surface area contributed by atoms with Crippen molar-refractivity contribution in [3.05, 3.63) is 60.4 Å². The van der Waals surface area contributed by atoms with Crippen molar-refractivity contribution in [2.45, 2.75) is 11.8 Å². The number of carbonyl (C=O) groups is 1. The lowest BCUT2D eigenvalue weighted by atomic mass is 10.3. The maximum atomic E-state index is 11.1. The fourth-order valence-electron chi connectivity index (χ4n) is 2.28. The predicted molar refractivity (Wildman–Crippen MR) is 98.6 cm³/mol. The predicted octanol–water partition coefficient (Wildman–Crippen LogP) is 2.43. The number of amides is 1. The van der Waals surface area contributed by atoms with Gasteiger partial charge in [-0.1, -0.05) is 30.0 Å². The number of hydrogen-bond donors (Lipinski definition) is 1. The molecule has 0 fully saturated rings. The molecule has 0 aliphatic heterocycles. The lowest BCUT2D eigenvalue weighted by Gasteiger charge is -2.11. The van der Waals surface area contributed by atoms with E-state index in [0.29, 0.717) is 16.7 Å². The molecule has 2 aromatic carbocycles. The molecule has 8 heteroatoms. The zero-order chi connectivity index (χ0) is 18.4. The average Bonchev–Trinajstić information content (AvgIpc) is 3.08. The van der Waals surface area contributed by atoms with Gasteiger partial charge >= 0.3 is 0 Å². The molecule has 0 aliphatic rings. The van der Waals surface area contributed by atoms with Crippen molar-refractivity contribution in [2.24, 2.45) is 5.73 Å². The summed E-state index contributed by atoms with van der Waals surface area (Å²) >= 11 is 1.24. The second-order valence-corrected chi connectivity index (χ2v) is 6.23. The Labute approximate surface area is 155 Å². The molecule has 0 radical (unpaired) electrons. The van der Waals surface area contributed by atoms with Gasteiger partial charge in [0.25, 0.3) is 0 Å². The largest absolute Gasteiger partial charge is 0.497 e. The number of primary amides is 1. The number of para-hydroxylation sites is 1. The number of ether oxygens (including phenoxy) is 2. The van der Waals surface area contributed by atoms with Crippen LogP contribution in [0.4, 0.5) is 0 Å². The molecule has 3 aromatic rings. The molecule has 0 atom stereocenters. The number of aromatic nitrogens is 3. The number of rotatable bonds is 8. The molecule has 0 spiro atoms. The summed E-state index contributed by atoms with van der Waals surface area (Å²) in [5, 5.41) is 8.97. The van der Waals surface area contributed by atoms with E-state index in [9.17, 15) is 4.79 Å². The van der Waals surface area contributed by atoms with Gasteiger partial charge in [0.05, 0.1) is 12.9 Å². The molecule has 3 rings (SSSR count). The van der Waals surface area contributed by atoms with Crippen molar-refractivity contribution in [1.29, 1.82) is 0 Å². The molecular formula is C18H18N4O3S. The second-order valence-electron chi connectivity index (χ2n) is 5.29. The van der Waals surface area contributed by atoms with Gasteiger partial charge in [-0.3, -0.25) is 9.36 Å². The molecule has 1 amide bonds. The van der Waals surface area contributed by atoms with Crippen molar-refractivity contribution >= 4 is 17.7 Å². The number of hydrogen-bond acceptors (Lipinski definition) is 6. The Kier molecular flexibility index (Phi) is 5.75. The van der Waals surface area contributed by atoms with Gasteiger partial charge in [0.15, 0.2) is 11.0 Å². The van der Waals surface area contributed by atoms with Crippen LogP contribution in [-0.4, -0.2) is 33.5 Å². The topological polar surface area (TPSA) is 92.3 Å². The Balaban J connectivity index is 1.82. The van der Waals surface area contributed by atoms with Crippen LogP contribution in [0.5, 0.6) is 11.5 Å². The molecule has 134 valence electrons. The van der Waals surface area contributed by atoms with Gasteiger partial charge in [-0.15, -0.1) is 10.2 Å². The highest BCUT2D eigenvalue weighted by atomic mass is 32.2. The van der Waals surface area contributed by atoms with Crippen LogP contribution in [-0.2, 0) is 11.4 Å². The first kappa shape index (κ1) is 17.8. The van der Waals surface area contributed by atoms with Crippen LogP contribution in [0.3, 0.4) is 0 Å². The van der Waals surface area contributed by atoms with E-state index in [0.717, 1.165) is 11.4 Å². The van der Waals surface area contributed by atoms with E-state index in [1.165, 1.54) is 11.8 Å². The number of thioether (sulfide) groups is 1. The molecule has 0 saturated heterocycles. The lowest BCUT2D eigenvalue weighted by molar-refractivity contribution is -0.115. The SMILES string of the molecule is COc1ccc(OCc2nnc(SCC(N)=O)n2-c2ccccc2)cc1. The Morgan fingerprint density at radius 2 is 1.77 bits per heavy atom. The molecule has 0 bridgehead atoms. The smallest absolute Gasteiger partial charge is 0.227 e. The van der Waals surface area contributed by atoms with Crippen LogP contribution in [0.15, 0.2) is 59.8 Å². The molecule has 0 unspecified atom stereocenters. The minimum Gasteiger partial charge on any atom is -0.497 e. The normalized spacial score (nSPS) is 10.5. The van der Waals surface area contributed by atoms with Crippen LogP contribution in [0, 0.1) is 0 Å². The minimum absolute atomic E-state index is 0.129. The molecule has 2 N–H and O–H groups in total. The fourth-order valence-corrected chi connectivity index (χ4v) is 2.99. The second kappa shape index (κ2) is 8.39. The first-order valence-electron chi connectivity index (χ1n) is 7.85. The lowest BCUT2D eigenvalue weighted by Crippen LogP contribution is -2.14. The van der Waals surface area contributed by atoms with Crippen molar-refractivity contribution in [3.63, 3.8) is 0 Å². The molecule has 7 nitrogen and oxygen atoms in total. The highest BCUT2D eigenvalue weighted by Gasteiger charge is 2.15. The molecule has 26 heavy (non-hydrogen) atoms. The number of nitrogens with two attached hydrogens (primary N) is 1. The highest BCUT2D eigenvalue weighted by Crippen LogP contribution is 2.23. The van der Waals surface area contributed by atoms with Crippen LogP contribution in [0.1, 0.15) is 5.82 Å². The summed E-state index contributed by atoms with van der Waals surface area (Å²) in [6, 6.07) is 16.9. The monoisotopic (exact) mass is 370 g/mol. The Hall–Kier alpha value is -3.00. The average molecular weight is 370 g/mol. The Morgan fingerprint density at radius 1 is 1.08 bits per heavy atom. The Morgan fingerprint density at radius 3 is 2.42 bits per heavy atom. The van der Waals surface area contributed by atoms with Crippen LogP contribution < -0.4 is 15.2 Å². The molecule has 1 aromatic heterocycles. The minimum atomic E-state index is -0.409. The van der Waals surface area contributed by atoms with Crippen molar-refractivity contribution < 1.29 is 14.3 Å². The number of nitrogens with zero attached hydrogens (tertiary/aromatic N) is 3. The zero-order valence-electron chi connectivity index (χ0n) is 14.2.